The first-order valence-electron chi connectivity index (χ1n) is 5.13. The van der Waals surface area contributed by atoms with Gasteiger partial charge in [0, 0.05) is 0 Å². The largest absolute Gasteiger partial charge is 0.0882 e. The Bertz CT molecular complexity index is 216. The summed E-state index contributed by atoms with van der Waals surface area (Å²) in [5, 5.41) is 0. The van der Waals surface area contributed by atoms with Crippen molar-refractivity contribution in [1.82, 2.24) is 0 Å². The molecule has 0 heterocycles. The van der Waals surface area contributed by atoms with Crippen LogP contribution in [0, 0.1) is 0 Å². The molecule has 0 aromatic rings. The van der Waals surface area contributed by atoms with E-state index in [9.17, 15) is 0 Å². The molecule has 0 aromatic carbocycles. The molecule has 0 radical (unpaired) electrons. The summed E-state index contributed by atoms with van der Waals surface area (Å²) in [5.74, 6) is 0. The SMILES string of the molecule is C1=C/C=C/C/C=C/CCCCC=C1. The van der Waals surface area contributed by atoms with Gasteiger partial charge in [0.15, 0.2) is 0 Å². The highest BCUT2D eigenvalue weighted by Gasteiger charge is 1.83. The monoisotopic (exact) mass is 174 g/mol. The zero-order chi connectivity index (χ0) is 9.19. The number of hydrogen-bond donors (Lipinski definition) is 0. The lowest BCUT2D eigenvalue weighted by Crippen LogP contribution is -1.71. The molecule has 13 heavy (non-hydrogen) atoms. The van der Waals surface area contributed by atoms with Crippen molar-refractivity contribution >= 4 is 0 Å². The van der Waals surface area contributed by atoms with Crippen molar-refractivity contribution < 1.29 is 0 Å². The first kappa shape index (κ1) is 10.0. The van der Waals surface area contributed by atoms with E-state index < -0.39 is 0 Å². The maximum atomic E-state index is 2.29. The molecular formula is C13H18. The number of allylic oxidation sites excluding steroid dienone is 8. The van der Waals surface area contributed by atoms with Crippen LogP contribution in [0.1, 0.15) is 32.1 Å². The fraction of sp³-hybridized carbons (Fsp3) is 0.385. The predicted octanol–water partition coefficient (Wildman–Crippen LogP) is 4.18. The molecule has 0 aliphatic heterocycles. The zero-order valence-corrected chi connectivity index (χ0v) is 8.15. The molecule has 1 aliphatic carbocycles. The fourth-order valence-corrected chi connectivity index (χ4v) is 1.28. The fourth-order valence-electron chi connectivity index (χ4n) is 1.28. The van der Waals surface area contributed by atoms with Gasteiger partial charge < -0.3 is 0 Å². The molecule has 0 fully saturated rings. The van der Waals surface area contributed by atoms with Crippen LogP contribution in [0.4, 0.5) is 0 Å². The second-order valence-electron chi connectivity index (χ2n) is 3.23. The molecule has 0 saturated carbocycles. The van der Waals surface area contributed by atoms with Crippen molar-refractivity contribution in [2.45, 2.75) is 32.1 Å². The lowest BCUT2D eigenvalue weighted by atomic mass is 10.2. The quantitative estimate of drug-likeness (QED) is 0.483. The summed E-state index contributed by atoms with van der Waals surface area (Å²) in [5.41, 5.74) is 0. The van der Waals surface area contributed by atoms with Gasteiger partial charge in [0.05, 0.1) is 0 Å². The molecule has 0 bridgehead atoms. The summed E-state index contributed by atoms with van der Waals surface area (Å²) >= 11 is 0. The molecule has 0 aromatic heterocycles. The highest BCUT2D eigenvalue weighted by Crippen LogP contribution is 2.03. The maximum absolute atomic E-state index is 2.29. The van der Waals surface area contributed by atoms with Crippen molar-refractivity contribution in [2.75, 3.05) is 0 Å². The van der Waals surface area contributed by atoms with Crippen LogP contribution in [0.15, 0.2) is 48.6 Å². The normalized spacial score (nSPS) is 24.0. The van der Waals surface area contributed by atoms with Crippen LogP contribution in [0.25, 0.3) is 0 Å². The van der Waals surface area contributed by atoms with Crippen molar-refractivity contribution in [1.29, 1.82) is 0 Å². The van der Waals surface area contributed by atoms with E-state index >= 15 is 0 Å². The summed E-state index contributed by atoms with van der Waals surface area (Å²) in [6.07, 6.45) is 23.5. The molecule has 0 saturated heterocycles. The van der Waals surface area contributed by atoms with E-state index in [1.54, 1.807) is 0 Å². The van der Waals surface area contributed by atoms with Crippen molar-refractivity contribution in [3.8, 4) is 0 Å². The van der Waals surface area contributed by atoms with Crippen LogP contribution in [0.3, 0.4) is 0 Å². The van der Waals surface area contributed by atoms with Gasteiger partial charge in [-0.3, -0.25) is 0 Å². The van der Waals surface area contributed by atoms with Gasteiger partial charge in [-0.2, -0.15) is 0 Å². The lowest BCUT2D eigenvalue weighted by Gasteiger charge is -1.91. The van der Waals surface area contributed by atoms with E-state index in [2.05, 4.69) is 48.6 Å². The van der Waals surface area contributed by atoms with E-state index in [-0.39, 0.29) is 0 Å². The van der Waals surface area contributed by atoms with Gasteiger partial charge in [0.1, 0.15) is 0 Å². The highest BCUT2D eigenvalue weighted by atomic mass is 13.9. The summed E-state index contributed by atoms with van der Waals surface area (Å²) in [6.45, 7) is 0. The topological polar surface area (TPSA) is 0 Å². The van der Waals surface area contributed by atoms with Crippen molar-refractivity contribution in [2.24, 2.45) is 0 Å². The van der Waals surface area contributed by atoms with Gasteiger partial charge in [-0.05, 0) is 32.1 Å². The third-order valence-electron chi connectivity index (χ3n) is 2.04. The Kier molecular flexibility index (Phi) is 5.87. The third-order valence-corrected chi connectivity index (χ3v) is 2.04. The van der Waals surface area contributed by atoms with Gasteiger partial charge in [-0.25, -0.2) is 0 Å². The van der Waals surface area contributed by atoms with E-state index in [0.717, 1.165) is 6.42 Å². The van der Waals surface area contributed by atoms with Crippen LogP contribution in [0.5, 0.6) is 0 Å². The molecule has 1 rings (SSSR count). The Hall–Kier alpha value is -1.04. The highest BCUT2D eigenvalue weighted by molar-refractivity contribution is 5.12. The van der Waals surface area contributed by atoms with Crippen molar-refractivity contribution in [3.63, 3.8) is 0 Å². The number of rotatable bonds is 0. The molecular weight excluding hydrogens is 156 g/mol. The van der Waals surface area contributed by atoms with Gasteiger partial charge in [0.25, 0.3) is 0 Å². The van der Waals surface area contributed by atoms with Crippen LogP contribution in [0.2, 0.25) is 0 Å². The van der Waals surface area contributed by atoms with Crippen molar-refractivity contribution in [3.05, 3.63) is 48.6 Å². The Morgan fingerprint density at radius 3 is 2.08 bits per heavy atom. The Morgan fingerprint density at radius 2 is 1.23 bits per heavy atom. The van der Waals surface area contributed by atoms with Crippen LogP contribution in [-0.2, 0) is 0 Å². The first-order chi connectivity index (χ1) is 6.50. The van der Waals surface area contributed by atoms with E-state index in [0.29, 0.717) is 0 Å². The first-order valence-corrected chi connectivity index (χ1v) is 5.13. The average Bonchev–Trinajstić information content (AvgIpc) is 2.18. The second-order valence-corrected chi connectivity index (χ2v) is 3.23. The average molecular weight is 174 g/mol. The molecule has 0 spiro atoms. The van der Waals surface area contributed by atoms with E-state index in [4.69, 9.17) is 0 Å². The van der Waals surface area contributed by atoms with Crippen LogP contribution in [-0.4, -0.2) is 0 Å². The smallest absolute Gasteiger partial charge is 0.0166 e. The summed E-state index contributed by atoms with van der Waals surface area (Å²) in [6, 6.07) is 0. The van der Waals surface area contributed by atoms with E-state index in [1.807, 2.05) is 0 Å². The Labute approximate surface area is 81.4 Å². The Balaban J connectivity index is 2.38. The molecule has 70 valence electrons. The third kappa shape index (κ3) is 6.15. The summed E-state index contributed by atoms with van der Waals surface area (Å²) < 4.78 is 0. The molecule has 0 atom stereocenters. The molecule has 0 unspecified atom stereocenters. The molecule has 1 aliphatic rings. The zero-order valence-electron chi connectivity index (χ0n) is 8.15. The lowest BCUT2D eigenvalue weighted by molar-refractivity contribution is 0.761. The second kappa shape index (κ2) is 7.60. The minimum atomic E-state index is 1.06. The molecule has 0 heteroatoms. The van der Waals surface area contributed by atoms with Gasteiger partial charge in [-0.15, -0.1) is 0 Å². The minimum absolute atomic E-state index is 1.06. The predicted molar refractivity (Wildman–Crippen MR) is 59.6 cm³/mol. The van der Waals surface area contributed by atoms with Gasteiger partial charge >= 0.3 is 0 Å². The Morgan fingerprint density at radius 1 is 0.538 bits per heavy atom. The van der Waals surface area contributed by atoms with Crippen LogP contribution >= 0.6 is 0 Å². The minimum Gasteiger partial charge on any atom is -0.0882 e. The number of hydrogen-bond acceptors (Lipinski definition) is 0. The summed E-state index contributed by atoms with van der Waals surface area (Å²) in [7, 11) is 0. The molecule has 0 amide bonds. The van der Waals surface area contributed by atoms with Gasteiger partial charge in [0.2, 0.25) is 0 Å². The summed E-state index contributed by atoms with van der Waals surface area (Å²) in [4.78, 5) is 0. The molecule has 0 N–H and O–H groups in total. The maximum Gasteiger partial charge on any atom is -0.0166 e. The van der Waals surface area contributed by atoms with E-state index in [1.165, 1.54) is 25.7 Å². The van der Waals surface area contributed by atoms with Gasteiger partial charge in [-0.1, -0.05) is 48.6 Å². The van der Waals surface area contributed by atoms with Crippen LogP contribution < -0.4 is 0 Å². The standard InChI is InChI=1S/C13H18/c1-2-4-6-8-10-12-13-11-9-7-5-3-1/h1-6,9,11H,7-8,10,12-13H2/b2-1?,5-3+,6-4?,11-9+. The molecule has 0 nitrogen and oxygen atoms in total.